The number of rotatable bonds is 2. The molecule has 2 aliphatic rings. The van der Waals surface area contributed by atoms with E-state index in [9.17, 15) is 9.90 Å². The number of halogens is 1. The predicted molar refractivity (Wildman–Crippen MR) is 91.6 cm³/mol. The fraction of sp³-hybridized carbons (Fsp3) is 0.529. The summed E-state index contributed by atoms with van der Waals surface area (Å²) in [6, 6.07) is 5.10. The Labute approximate surface area is 150 Å². The Morgan fingerprint density at radius 1 is 1.32 bits per heavy atom. The summed E-state index contributed by atoms with van der Waals surface area (Å²) in [5.74, 6) is 0.0810. The van der Waals surface area contributed by atoms with Gasteiger partial charge in [0.25, 0.3) is 5.91 Å². The number of carbonyl (C=O) groups excluding carboxylic acids is 1. The van der Waals surface area contributed by atoms with E-state index in [1.54, 1.807) is 18.2 Å². The minimum absolute atomic E-state index is 0.0743. The Balaban J connectivity index is 1.62. The molecule has 0 bridgehead atoms. The molecular weight excluding hydrogens is 342 g/mol. The Hall–Kier alpha value is -1.99. The topological polar surface area (TPSA) is 84.1 Å². The highest BCUT2D eigenvalue weighted by molar-refractivity contribution is 6.31. The van der Waals surface area contributed by atoms with Gasteiger partial charge >= 0.3 is 0 Å². The minimum atomic E-state index is -0.603. The molecule has 2 fully saturated rings. The summed E-state index contributed by atoms with van der Waals surface area (Å²) in [6.07, 6.45) is 6.08. The molecule has 25 heavy (non-hydrogen) atoms. The van der Waals surface area contributed by atoms with E-state index in [4.69, 9.17) is 11.6 Å². The number of fused-ring (bicyclic) bond motifs is 1. The summed E-state index contributed by atoms with van der Waals surface area (Å²) in [7, 11) is 0. The number of benzene rings is 1. The van der Waals surface area contributed by atoms with Gasteiger partial charge in [-0.3, -0.25) is 4.79 Å². The van der Waals surface area contributed by atoms with Gasteiger partial charge in [-0.15, -0.1) is 5.10 Å². The Kier molecular flexibility index (Phi) is 4.21. The zero-order chi connectivity index (χ0) is 17.4. The first kappa shape index (κ1) is 16.5. The predicted octanol–water partition coefficient (Wildman–Crippen LogP) is 2.08. The van der Waals surface area contributed by atoms with Crippen molar-refractivity contribution < 1.29 is 9.90 Å². The molecule has 1 aromatic carbocycles. The van der Waals surface area contributed by atoms with E-state index in [1.165, 1.54) is 11.0 Å². The van der Waals surface area contributed by atoms with Crippen molar-refractivity contribution in [1.29, 1.82) is 0 Å². The zero-order valence-corrected chi connectivity index (χ0v) is 14.6. The number of hydrogen-bond donors (Lipinski definition) is 1. The largest absolute Gasteiger partial charge is 0.389 e. The van der Waals surface area contributed by atoms with Crippen LogP contribution in [-0.2, 0) is 0 Å². The first-order valence-corrected chi connectivity index (χ1v) is 8.99. The van der Waals surface area contributed by atoms with Crippen LogP contribution in [0.2, 0.25) is 5.02 Å². The lowest BCUT2D eigenvalue weighted by Crippen LogP contribution is -2.54. The molecule has 8 heteroatoms. The summed E-state index contributed by atoms with van der Waals surface area (Å²) in [4.78, 5) is 15.0. The third-order valence-electron chi connectivity index (χ3n) is 5.50. The van der Waals surface area contributed by atoms with E-state index in [2.05, 4.69) is 15.5 Å². The van der Waals surface area contributed by atoms with Gasteiger partial charge in [0, 0.05) is 24.0 Å². The lowest BCUT2D eigenvalue weighted by molar-refractivity contribution is -0.0886. The van der Waals surface area contributed by atoms with Gasteiger partial charge in [0.05, 0.1) is 16.9 Å². The van der Waals surface area contributed by atoms with Gasteiger partial charge in [-0.25, -0.2) is 0 Å². The third-order valence-corrected chi connectivity index (χ3v) is 5.74. The van der Waals surface area contributed by atoms with Crippen LogP contribution in [0.25, 0.3) is 5.69 Å². The monoisotopic (exact) mass is 361 g/mol. The molecular formula is C17H20ClN5O2. The van der Waals surface area contributed by atoms with E-state index in [0.717, 1.165) is 25.7 Å². The van der Waals surface area contributed by atoms with Crippen LogP contribution < -0.4 is 0 Å². The second kappa shape index (κ2) is 6.38. The lowest BCUT2D eigenvalue weighted by atomic mass is 9.71. The molecule has 1 saturated carbocycles. The fourth-order valence-electron chi connectivity index (χ4n) is 4.07. The maximum Gasteiger partial charge on any atom is 0.256 e. The second-order valence-electron chi connectivity index (χ2n) is 6.96. The van der Waals surface area contributed by atoms with Crippen molar-refractivity contribution >= 4 is 17.5 Å². The number of likely N-dealkylation sites (tertiary alicyclic amines) is 1. The molecule has 1 aliphatic carbocycles. The molecule has 1 aliphatic heterocycles. The fourth-order valence-corrected chi connectivity index (χ4v) is 4.24. The van der Waals surface area contributed by atoms with Crippen molar-refractivity contribution in [2.75, 3.05) is 13.1 Å². The maximum absolute atomic E-state index is 13.1. The molecule has 1 N–H and O–H groups in total. The SMILES string of the molecule is O=C(c1ccc(Cl)cc1-n1cnnn1)N1CCC2(O)CCCCC2C1. The van der Waals surface area contributed by atoms with Crippen LogP contribution in [0.3, 0.4) is 0 Å². The molecule has 2 unspecified atom stereocenters. The van der Waals surface area contributed by atoms with Crippen molar-refractivity contribution in [2.45, 2.75) is 37.7 Å². The lowest BCUT2D eigenvalue weighted by Gasteiger charge is -2.47. The third kappa shape index (κ3) is 3.02. The van der Waals surface area contributed by atoms with Crippen LogP contribution in [-0.4, -0.2) is 54.8 Å². The number of tetrazole rings is 1. The quantitative estimate of drug-likeness (QED) is 0.885. The Morgan fingerprint density at radius 3 is 3.00 bits per heavy atom. The van der Waals surface area contributed by atoms with Crippen molar-refractivity contribution in [3.8, 4) is 5.69 Å². The van der Waals surface area contributed by atoms with Crippen LogP contribution in [0, 0.1) is 5.92 Å². The Morgan fingerprint density at radius 2 is 2.20 bits per heavy atom. The zero-order valence-electron chi connectivity index (χ0n) is 13.8. The van der Waals surface area contributed by atoms with E-state index in [0.29, 0.717) is 35.8 Å². The molecule has 2 aromatic rings. The molecule has 1 saturated heterocycles. The van der Waals surface area contributed by atoms with Crippen molar-refractivity contribution in [3.05, 3.63) is 35.1 Å². The molecule has 4 rings (SSSR count). The minimum Gasteiger partial charge on any atom is -0.389 e. The van der Waals surface area contributed by atoms with E-state index >= 15 is 0 Å². The van der Waals surface area contributed by atoms with Crippen molar-refractivity contribution in [1.82, 2.24) is 25.1 Å². The molecule has 0 radical (unpaired) electrons. The van der Waals surface area contributed by atoms with Gasteiger partial charge < -0.3 is 10.0 Å². The number of nitrogens with zero attached hydrogens (tertiary/aromatic N) is 5. The average Bonchev–Trinajstić information content (AvgIpc) is 3.15. The molecule has 1 amide bonds. The number of aliphatic hydroxyl groups is 1. The van der Waals surface area contributed by atoms with Crippen LogP contribution in [0.4, 0.5) is 0 Å². The highest BCUT2D eigenvalue weighted by Gasteiger charge is 2.44. The molecule has 7 nitrogen and oxygen atoms in total. The van der Waals surface area contributed by atoms with Gasteiger partial charge in [0.15, 0.2) is 0 Å². The molecule has 1 aromatic heterocycles. The van der Waals surface area contributed by atoms with Gasteiger partial charge in [-0.2, -0.15) is 4.68 Å². The molecule has 0 spiro atoms. The van der Waals surface area contributed by atoms with Crippen LogP contribution in [0.1, 0.15) is 42.5 Å². The number of hydrogen-bond acceptors (Lipinski definition) is 5. The Bertz CT molecular complexity index is 781. The van der Waals surface area contributed by atoms with E-state index in [1.807, 2.05) is 4.90 Å². The molecule has 132 valence electrons. The second-order valence-corrected chi connectivity index (χ2v) is 7.40. The molecule has 2 atom stereocenters. The first-order chi connectivity index (χ1) is 12.1. The summed E-state index contributed by atoms with van der Waals surface area (Å²) in [6.45, 7) is 1.15. The summed E-state index contributed by atoms with van der Waals surface area (Å²) in [5, 5.41) is 22.5. The molecule has 2 heterocycles. The highest BCUT2D eigenvalue weighted by Crippen LogP contribution is 2.40. The van der Waals surface area contributed by atoms with E-state index in [-0.39, 0.29) is 11.8 Å². The normalized spacial score (nSPS) is 26.3. The average molecular weight is 362 g/mol. The summed E-state index contributed by atoms with van der Waals surface area (Å²) < 4.78 is 1.44. The number of amides is 1. The van der Waals surface area contributed by atoms with Gasteiger partial charge in [0.1, 0.15) is 6.33 Å². The van der Waals surface area contributed by atoms with Crippen LogP contribution >= 0.6 is 11.6 Å². The van der Waals surface area contributed by atoms with Gasteiger partial charge in [-0.1, -0.05) is 24.4 Å². The van der Waals surface area contributed by atoms with Gasteiger partial charge in [0.2, 0.25) is 0 Å². The maximum atomic E-state index is 13.1. The van der Waals surface area contributed by atoms with E-state index < -0.39 is 5.60 Å². The smallest absolute Gasteiger partial charge is 0.256 e. The number of carbonyl (C=O) groups is 1. The van der Waals surface area contributed by atoms with Crippen molar-refractivity contribution in [2.24, 2.45) is 5.92 Å². The van der Waals surface area contributed by atoms with Crippen molar-refractivity contribution in [3.63, 3.8) is 0 Å². The number of piperidine rings is 1. The van der Waals surface area contributed by atoms with Crippen LogP contribution in [0.15, 0.2) is 24.5 Å². The van der Waals surface area contributed by atoms with Crippen LogP contribution in [0.5, 0.6) is 0 Å². The highest BCUT2D eigenvalue weighted by atomic mass is 35.5. The van der Waals surface area contributed by atoms with Gasteiger partial charge in [-0.05, 0) is 47.9 Å². The summed E-state index contributed by atoms with van der Waals surface area (Å²) in [5.41, 5.74) is 0.471. The number of aromatic nitrogens is 4. The summed E-state index contributed by atoms with van der Waals surface area (Å²) >= 11 is 6.09. The standard InChI is InChI=1S/C17H20ClN5O2/c18-13-4-5-14(15(9-13)23-11-19-20-21-23)16(24)22-8-7-17(25)6-2-1-3-12(17)10-22/h4-5,9,11-12,25H,1-3,6-8,10H2. The first-order valence-electron chi connectivity index (χ1n) is 8.61.